The van der Waals surface area contributed by atoms with Gasteiger partial charge in [-0.15, -0.1) is 0 Å². The number of amides is 2. The SMILES string of the molecule is Cc1nc(NC2CN(C(=O)c3ccc(OC(F)F)cc3)C2)nc2c1NC(=O)C(C(C)C)N2C. The van der Waals surface area contributed by atoms with Crippen LogP contribution in [0.15, 0.2) is 24.3 Å². The van der Waals surface area contributed by atoms with E-state index in [1.807, 2.05) is 32.7 Å². The van der Waals surface area contributed by atoms with Crippen LogP contribution >= 0.6 is 0 Å². The summed E-state index contributed by atoms with van der Waals surface area (Å²) < 4.78 is 28.8. The minimum absolute atomic E-state index is 0.00509. The zero-order valence-electron chi connectivity index (χ0n) is 18.8. The molecule has 0 radical (unpaired) electrons. The summed E-state index contributed by atoms with van der Waals surface area (Å²) in [5.41, 5.74) is 1.66. The number of carbonyl (C=O) groups is 2. The van der Waals surface area contributed by atoms with E-state index in [0.29, 0.717) is 41.8 Å². The maximum absolute atomic E-state index is 12.6. The Bertz CT molecular complexity index is 1060. The van der Waals surface area contributed by atoms with Crippen LogP contribution in [-0.2, 0) is 4.79 Å². The second kappa shape index (κ2) is 8.80. The fraction of sp³-hybridized carbons (Fsp3) is 0.455. The first-order valence-electron chi connectivity index (χ1n) is 10.7. The maximum Gasteiger partial charge on any atom is 0.387 e. The van der Waals surface area contributed by atoms with Crippen molar-refractivity contribution in [1.29, 1.82) is 0 Å². The molecule has 1 aromatic heterocycles. The van der Waals surface area contributed by atoms with Crippen LogP contribution in [0.3, 0.4) is 0 Å². The monoisotopic (exact) mass is 460 g/mol. The lowest BCUT2D eigenvalue weighted by molar-refractivity contribution is -0.118. The summed E-state index contributed by atoms with van der Waals surface area (Å²) in [6.07, 6.45) is 0. The summed E-state index contributed by atoms with van der Waals surface area (Å²) in [5.74, 6) is 0.933. The maximum atomic E-state index is 12.6. The number of hydrogen-bond acceptors (Lipinski definition) is 7. The highest BCUT2D eigenvalue weighted by Crippen LogP contribution is 2.34. The minimum Gasteiger partial charge on any atom is -0.435 e. The predicted octanol–water partition coefficient (Wildman–Crippen LogP) is 2.74. The number of fused-ring (bicyclic) bond motifs is 1. The standard InChI is InChI=1S/C22H26F2N6O3/c1-11(2)17-19(31)27-16-12(3)25-22(28-18(16)29(17)4)26-14-9-30(10-14)20(32)13-5-7-15(8-6-13)33-21(23)24/h5-8,11,14,17,21H,9-10H2,1-4H3,(H,27,31)(H,25,26,28). The summed E-state index contributed by atoms with van der Waals surface area (Å²) in [5, 5.41) is 6.17. The molecule has 1 atom stereocenters. The zero-order chi connectivity index (χ0) is 23.9. The van der Waals surface area contributed by atoms with Crippen LogP contribution in [0.2, 0.25) is 0 Å². The molecule has 1 saturated heterocycles. The van der Waals surface area contributed by atoms with Crippen LogP contribution < -0.4 is 20.3 Å². The molecule has 1 aromatic carbocycles. The van der Waals surface area contributed by atoms with E-state index >= 15 is 0 Å². The molecule has 1 unspecified atom stereocenters. The van der Waals surface area contributed by atoms with Crippen LogP contribution in [0.4, 0.5) is 26.2 Å². The Balaban J connectivity index is 1.39. The molecular formula is C22H26F2N6O3. The summed E-state index contributed by atoms with van der Waals surface area (Å²) >= 11 is 0. The Morgan fingerprint density at radius 1 is 1.21 bits per heavy atom. The van der Waals surface area contributed by atoms with Crippen molar-refractivity contribution in [2.45, 2.75) is 39.5 Å². The third-order valence-electron chi connectivity index (χ3n) is 5.80. The number of halogens is 2. The number of benzene rings is 1. The van der Waals surface area contributed by atoms with Gasteiger partial charge < -0.3 is 25.2 Å². The Labute approximate surface area is 190 Å². The molecule has 0 spiro atoms. The lowest BCUT2D eigenvalue weighted by Crippen LogP contribution is -2.57. The van der Waals surface area contributed by atoms with Gasteiger partial charge in [0, 0.05) is 25.7 Å². The average Bonchev–Trinajstić information content (AvgIpc) is 2.71. The molecule has 4 rings (SSSR count). The summed E-state index contributed by atoms with van der Waals surface area (Å²) in [4.78, 5) is 37.7. The molecule has 2 aliphatic rings. The Morgan fingerprint density at radius 3 is 2.48 bits per heavy atom. The Kier molecular flexibility index (Phi) is 6.05. The molecular weight excluding hydrogens is 434 g/mol. The molecule has 0 saturated carbocycles. The smallest absolute Gasteiger partial charge is 0.387 e. The van der Waals surface area contributed by atoms with Crippen molar-refractivity contribution in [3.63, 3.8) is 0 Å². The molecule has 2 N–H and O–H groups in total. The number of carbonyl (C=O) groups excluding carboxylic acids is 2. The highest BCUT2D eigenvalue weighted by molar-refractivity contribution is 6.03. The second-order valence-electron chi connectivity index (χ2n) is 8.57. The number of nitrogens with one attached hydrogen (secondary N) is 2. The lowest BCUT2D eigenvalue weighted by atomic mass is 9.99. The molecule has 9 nitrogen and oxygen atoms in total. The van der Waals surface area contributed by atoms with Crippen molar-refractivity contribution >= 4 is 29.3 Å². The number of alkyl halides is 2. The highest BCUT2D eigenvalue weighted by atomic mass is 19.3. The van der Waals surface area contributed by atoms with Gasteiger partial charge in [0.15, 0.2) is 5.82 Å². The number of aryl methyl sites for hydroxylation is 1. The third-order valence-corrected chi connectivity index (χ3v) is 5.80. The molecule has 2 amide bonds. The van der Waals surface area contributed by atoms with Crippen molar-refractivity contribution < 1.29 is 23.1 Å². The number of rotatable bonds is 6. The van der Waals surface area contributed by atoms with E-state index in [9.17, 15) is 18.4 Å². The zero-order valence-corrected chi connectivity index (χ0v) is 18.8. The first-order valence-corrected chi connectivity index (χ1v) is 10.7. The molecule has 2 aromatic rings. The molecule has 2 aliphatic heterocycles. The van der Waals surface area contributed by atoms with Gasteiger partial charge in [-0.1, -0.05) is 13.8 Å². The first-order chi connectivity index (χ1) is 15.6. The van der Waals surface area contributed by atoms with Gasteiger partial charge in [-0.25, -0.2) is 4.98 Å². The summed E-state index contributed by atoms with van der Waals surface area (Å²) in [7, 11) is 1.85. The molecule has 3 heterocycles. The van der Waals surface area contributed by atoms with E-state index in [2.05, 4.69) is 25.3 Å². The van der Waals surface area contributed by atoms with Crippen LogP contribution in [0, 0.1) is 12.8 Å². The fourth-order valence-corrected chi connectivity index (χ4v) is 4.16. The summed E-state index contributed by atoms with van der Waals surface area (Å²) in [6.45, 7) is 3.78. The van der Waals surface area contributed by atoms with E-state index in [1.165, 1.54) is 24.3 Å². The fourth-order valence-electron chi connectivity index (χ4n) is 4.16. The average molecular weight is 460 g/mol. The molecule has 0 bridgehead atoms. The van der Waals surface area contributed by atoms with E-state index in [-0.39, 0.29) is 35.6 Å². The largest absolute Gasteiger partial charge is 0.435 e. The van der Waals surface area contributed by atoms with Gasteiger partial charge in [-0.2, -0.15) is 13.8 Å². The molecule has 0 aliphatic carbocycles. The molecule has 176 valence electrons. The van der Waals surface area contributed by atoms with Gasteiger partial charge in [0.2, 0.25) is 11.9 Å². The van der Waals surface area contributed by atoms with Gasteiger partial charge in [0.1, 0.15) is 17.5 Å². The van der Waals surface area contributed by atoms with E-state index in [4.69, 9.17) is 0 Å². The topological polar surface area (TPSA) is 99.7 Å². The second-order valence-corrected chi connectivity index (χ2v) is 8.57. The van der Waals surface area contributed by atoms with Gasteiger partial charge in [0.05, 0.1) is 11.7 Å². The van der Waals surface area contributed by atoms with Crippen LogP contribution in [0.25, 0.3) is 0 Å². The Morgan fingerprint density at radius 2 is 1.88 bits per heavy atom. The number of nitrogens with zero attached hydrogens (tertiary/aromatic N) is 4. The van der Waals surface area contributed by atoms with Crippen molar-refractivity contribution in [3.8, 4) is 5.75 Å². The van der Waals surface area contributed by atoms with Crippen molar-refractivity contribution in [3.05, 3.63) is 35.5 Å². The quantitative estimate of drug-likeness (QED) is 0.684. The van der Waals surface area contributed by atoms with Crippen LogP contribution in [0.5, 0.6) is 5.75 Å². The minimum atomic E-state index is -2.91. The first kappa shape index (κ1) is 22.7. The number of ether oxygens (including phenoxy) is 1. The summed E-state index contributed by atoms with van der Waals surface area (Å²) in [6, 6.07) is 5.26. The predicted molar refractivity (Wildman–Crippen MR) is 119 cm³/mol. The van der Waals surface area contributed by atoms with Crippen LogP contribution in [-0.4, -0.2) is 65.5 Å². The highest BCUT2D eigenvalue weighted by Gasteiger charge is 2.36. The van der Waals surface area contributed by atoms with Gasteiger partial charge in [-0.3, -0.25) is 9.59 Å². The van der Waals surface area contributed by atoms with Gasteiger partial charge >= 0.3 is 6.61 Å². The van der Waals surface area contributed by atoms with E-state index in [0.717, 1.165) is 0 Å². The van der Waals surface area contributed by atoms with Crippen molar-refractivity contribution in [1.82, 2.24) is 14.9 Å². The number of likely N-dealkylation sites (N-methyl/N-ethyl adjacent to an activating group) is 1. The molecule has 33 heavy (non-hydrogen) atoms. The third kappa shape index (κ3) is 4.53. The van der Waals surface area contributed by atoms with Gasteiger partial charge in [-0.05, 0) is 37.1 Å². The van der Waals surface area contributed by atoms with Crippen LogP contribution in [0.1, 0.15) is 29.9 Å². The van der Waals surface area contributed by atoms with E-state index in [1.54, 1.807) is 4.90 Å². The Hall–Kier alpha value is -3.50. The number of aromatic nitrogens is 2. The van der Waals surface area contributed by atoms with Gasteiger partial charge in [0.25, 0.3) is 5.91 Å². The molecule has 1 fully saturated rings. The van der Waals surface area contributed by atoms with E-state index < -0.39 is 6.61 Å². The normalized spacial score (nSPS) is 18.2. The number of anilines is 3. The van der Waals surface area contributed by atoms with Crippen molar-refractivity contribution in [2.24, 2.45) is 5.92 Å². The molecule has 11 heteroatoms. The number of hydrogen-bond donors (Lipinski definition) is 2. The van der Waals surface area contributed by atoms with Crippen molar-refractivity contribution in [2.75, 3.05) is 35.7 Å². The number of likely N-dealkylation sites (tertiary alicyclic amines) is 1. The lowest BCUT2D eigenvalue weighted by Gasteiger charge is -2.40.